The summed E-state index contributed by atoms with van der Waals surface area (Å²) >= 11 is 0. The van der Waals surface area contributed by atoms with Crippen LogP contribution < -0.4 is 20.1 Å². The molecule has 2 aliphatic heterocycles. The number of hydrogen-bond donors (Lipinski definition) is 2. The van der Waals surface area contributed by atoms with Crippen molar-refractivity contribution in [1.29, 1.82) is 0 Å². The van der Waals surface area contributed by atoms with Crippen molar-refractivity contribution >= 4 is 11.6 Å². The summed E-state index contributed by atoms with van der Waals surface area (Å²) in [6, 6.07) is 3.95. The van der Waals surface area contributed by atoms with Crippen LogP contribution in [0.1, 0.15) is 38.7 Å². The molecule has 1 aliphatic carbocycles. The third kappa shape index (κ3) is 2.75. The molecule has 1 saturated heterocycles. The van der Waals surface area contributed by atoms with Crippen LogP contribution in [0.15, 0.2) is 12.1 Å². The molecule has 0 bridgehead atoms. The number of nitrogens with one attached hydrogen (secondary N) is 2. The fourth-order valence-electron chi connectivity index (χ4n) is 4.23. The van der Waals surface area contributed by atoms with Crippen LogP contribution in [0.2, 0.25) is 0 Å². The predicted octanol–water partition coefficient (Wildman–Crippen LogP) is 2.74. The molecule has 1 amide bonds. The lowest BCUT2D eigenvalue weighted by Crippen LogP contribution is -2.31. The van der Waals surface area contributed by atoms with E-state index in [1.165, 1.54) is 0 Å². The lowest BCUT2D eigenvalue weighted by molar-refractivity contribution is -0.118. The Balaban J connectivity index is 1.51. The van der Waals surface area contributed by atoms with Gasteiger partial charge in [0.1, 0.15) is 17.6 Å². The maximum Gasteiger partial charge on any atom is 0.228 e. The Morgan fingerprint density at radius 1 is 1.42 bits per heavy atom. The molecule has 2 fully saturated rings. The summed E-state index contributed by atoms with van der Waals surface area (Å²) < 4.78 is 11.6. The monoisotopic (exact) mass is 330 g/mol. The van der Waals surface area contributed by atoms with Crippen molar-refractivity contribution in [2.75, 3.05) is 25.0 Å². The Morgan fingerprint density at radius 2 is 2.21 bits per heavy atom. The molecule has 1 spiro atoms. The smallest absolute Gasteiger partial charge is 0.228 e. The molecule has 0 aromatic heterocycles. The number of rotatable bonds is 4. The van der Waals surface area contributed by atoms with E-state index in [9.17, 15) is 4.79 Å². The molecule has 3 aliphatic rings. The quantitative estimate of drug-likeness (QED) is 0.891. The summed E-state index contributed by atoms with van der Waals surface area (Å²) in [5, 5.41) is 6.49. The highest BCUT2D eigenvalue weighted by atomic mass is 16.5. The van der Waals surface area contributed by atoms with E-state index in [-0.39, 0.29) is 23.3 Å². The topological polar surface area (TPSA) is 59.6 Å². The minimum Gasteiger partial charge on any atom is -0.492 e. The second kappa shape index (κ2) is 5.96. The number of amides is 1. The molecule has 130 valence electrons. The number of piperidine rings is 1. The molecular weight excluding hydrogens is 304 g/mol. The van der Waals surface area contributed by atoms with Gasteiger partial charge in [0.2, 0.25) is 5.91 Å². The van der Waals surface area contributed by atoms with E-state index in [0.29, 0.717) is 6.61 Å². The Bertz CT molecular complexity index is 652. The molecule has 1 saturated carbocycles. The first-order valence-electron chi connectivity index (χ1n) is 9.09. The zero-order chi connectivity index (χ0) is 16.7. The Morgan fingerprint density at radius 3 is 2.96 bits per heavy atom. The second-order valence-electron chi connectivity index (χ2n) is 7.38. The first-order valence-corrected chi connectivity index (χ1v) is 9.09. The second-order valence-corrected chi connectivity index (χ2v) is 7.38. The van der Waals surface area contributed by atoms with Crippen LogP contribution >= 0.6 is 0 Å². The highest BCUT2D eigenvalue weighted by Crippen LogP contribution is 2.59. The molecule has 1 aromatic carbocycles. The summed E-state index contributed by atoms with van der Waals surface area (Å²) in [6.07, 6.45) is 4.30. The van der Waals surface area contributed by atoms with Gasteiger partial charge in [-0.15, -0.1) is 0 Å². The Labute approximate surface area is 143 Å². The number of ether oxygens (including phenoxy) is 2. The molecule has 1 aromatic rings. The maximum atomic E-state index is 12.7. The van der Waals surface area contributed by atoms with Crippen LogP contribution in [0.5, 0.6) is 11.5 Å². The van der Waals surface area contributed by atoms with Crippen LogP contribution in [0, 0.1) is 11.3 Å². The van der Waals surface area contributed by atoms with Crippen molar-refractivity contribution in [3.8, 4) is 11.5 Å². The van der Waals surface area contributed by atoms with Gasteiger partial charge in [-0.2, -0.15) is 0 Å². The predicted molar refractivity (Wildman–Crippen MR) is 92.7 cm³/mol. The van der Waals surface area contributed by atoms with Crippen molar-refractivity contribution in [1.82, 2.24) is 5.32 Å². The fourth-order valence-corrected chi connectivity index (χ4v) is 4.23. The van der Waals surface area contributed by atoms with E-state index in [2.05, 4.69) is 17.6 Å². The molecule has 4 rings (SSSR count). The molecule has 2 atom stereocenters. The molecule has 2 N–H and O–H groups in total. The molecule has 2 unspecified atom stereocenters. The van der Waals surface area contributed by atoms with Gasteiger partial charge in [-0.25, -0.2) is 0 Å². The zero-order valence-corrected chi connectivity index (χ0v) is 14.5. The van der Waals surface area contributed by atoms with E-state index in [1.54, 1.807) is 0 Å². The van der Waals surface area contributed by atoms with Crippen molar-refractivity contribution in [3.63, 3.8) is 0 Å². The van der Waals surface area contributed by atoms with E-state index >= 15 is 0 Å². The number of carbonyl (C=O) groups is 1. The summed E-state index contributed by atoms with van der Waals surface area (Å²) in [6.45, 7) is 6.65. The van der Waals surface area contributed by atoms with Crippen LogP contribution in [0.4, 0.5) is 5.69 Å². The standard InChI is InChI=1S/C19H26N2O3/c1-3-23-17-9-13-8-12(2)24-16(13)10-15(17)21-18(22)14-11-19(14)4-6-20-7-5-19/h9-10,12,14,20H,3-8,11H2,1-2H3,(H,21,22). The largest absolute Gasteiger partial charge is 0.492 e. The van der Waals surface area contributed by atoms with Crippen LogP contribution in [-0.2, 0) is 11.2 Å². The van der Waals surface area contributed by atoms with Gasteiger partial charge in [-0.3, -0.25) is 4.79 Å². The van der Waals surface area contributed by atoms with Crippen LogP contribution in [0.25, 0.3) is 0 Å². The number of fused-ring (bicyclic) bond motifs is 1. The SMILES string of the molecule is CCOc1cc2c(cc1NC(=O)C1CC13CCNCC3)OC(C)C2. The number of anilines is 1. The highest BCUT2D eigenvalue weighted by molar-refractivity contribution is 5.96. The third-order valence-electron chi connectivity index (χ3n) is 5.66. The van der Waals surface area contributed by atoms with Crippen molar-refractivity contribution < 1.29 is 14.3 Å². The number of hydrogen-bond acceptors (Lipinski definition) is 4. The average molecular weight is 330 g/mol. The minimum atomic E-state index is 0.129. The summed E-state index contributed by atoms with van der Waals surface area (Å²) in [5.74, 6) is 1.89. The first kappa shape index (κ1) is 15.8. The number of benzene rings is 1. The van der Waals surface area contributed by atoms with Crippen LogP contribution in [0.3, 0.4) is 0 Å². The van der Waals surface area contributed by atoms with Crippen LogP contribution in [-0.4, -0.2) is 31.7 Å². The summed E-state index contributed by atoms with van der Waals surface area (Å²) in [4.78, 5) is 12.7. The molecule has 0 radical (unpaired) electrons. The maximum absolute atomic E-state index is 12.7. The summed E-state index contributed by atoms with van der Waals surface area (Å²) in [7, 11) is 0. The molecule has 5 heteroatoms. The zero-order valence-electron chi connectivity index (χ0n) is 14.5. The molecular formula is C19H26N2O3. The third-order valence-corrected chi connectivity index (χ3v) is 5.66. The summed E-state index contributed by atoms with van der Waals surface area (Å²) in [5.41, 5.74) is 2.14. The lowest BCUT2D eigenvalue weighted by atomic mass is 9.92. The van der Waals surface area contributed by atoms with E-state index in [0.717, 1.165) is 61.5 Å². The van der Waals surface area contributed by atoms with Gasteiger partial charge in [0, 0.05) is 24.0 Å². The van der Waals surface area contributed by atoms with Gasteiger partial charge in [-0.05, 0) is 57.7 Å². The number of carbonyl (C=O) groups excluding carboxylic acids is 1. The van der Waals surface area contributed by atoms with Gasteiger partial charge in [-0.1, -0.05) is 0 Å². The normalized spacial score (nSPS) is 26.6. The average Bonchev–Trinajstić information content (AvgIpc) is 3.12. The van der Waals surface area contributed by atoms with Gasteiger partial charge < -0.3 is 20.1 Å². The van der Waals surface area contributed by atoms with Gasteiger partial charge in [0.25, 0.3) is 0 Å². The first-order chi connectivity index (χ1) is 11.6. The molecule has 24 heavy (non-hydrogen) atoms. The minimum absolute atomic E-state index is 0.129. The molecule has 5 nitrogen and oxygen atoms in total. The van der Waals surface area contributed by atoms with Crippen molar-refractivity contribution in [3.05, 3.63) is 17.7 Å². The Hall–Kier alpha value is -1.75. The van der Waals surface area contributed by atoms with Gasteiger partial charge in [0.05, 0.1) is 12.3 Å². The Kier molecular flexibility index (Phi) is 3.91. The van der Waals surface area contributed by atoms with E-state index in [4.69, 9.17) is 9.47 Å². The van der Waals surface area contributed by atoms with E-state index in [1.807, 2.05) is 19.1 Å². The van der Waals surface area contributed by atoms with Crippen molar-refractivity contribution in [2.24, 2.45) is 11.3 Å². The van der Waals surface area contributed by atoms with Crippen molar-refractivity contribution in [2.45, 2.75) is 45.6 Å². The highest BCUT2D eigenvalue weighted by Gasteiger charge is 2.57. The fraction of sp³-hybridized carbons (Fsp3) is 0.632. The molecule has 2 heterocycles. The van der Waals surface area contributed by atoms with Gasteiger partial charge >= 0.3 is 0 Å². The lowest BCUT2D eigenvalue weighted by Gasteiger charge is -2.23. The van der Waals surface area contributed by atoms with E-state index < -0.39 is 0 Å². The van der Waals surface area contributed by atoms with Gasteiger partial charge in [0.15, 0.2) is 0 Å².